The second-order valence-corrected chi connectivity index (χ2v) is 6.92. The zero-order valence-corrected chi connectivity index (χ0v) is 17.6. The minimum atomic E-state index is 0.334. The lowest BCUT2D eigenvalue weighted by Crippen LogP contribution is -2.23. The molecule has 7 nitrogen and oxygen atoms in total. The van der Waals surface area contributed by atoms with Gasteiger partial charge in [-0.05, 0) is 42.4 Å². The van der Waals surface area contributed by atoms with Crippen molar-refractivity contribution in [1.82, 2.24) is 4.90 Å². The highest BCUT2D eigenvalue weighted by Gasteiger charge is 2.08. The molecule has 0 radical (unpaired) electrons. The molecule has 158 valence electrons. The van der Waals surface area contributed by atoms with Crippen molar-refractivity contribution in [3.8, 4) is 11.5 Å². The van der Waals surface area contributed by atoms with Crippen LogP contribution in [-0.4, -0.2) is 32.1 Å². The quantitative estimate of drug-likeness (QED) is 0.413. The Morgan fingerprint density at radius 2 is 1.77 bits per heavy atom. The van der Waals surface area contributed by atoms with Gasteiger partial charge in [0.05, 0.1) is 33.6 Å². The van der Waals surface area contributed by atoms with Crippen LogP contribution in [0.25, 0.3) is 0 Å². The molecule has 0 bridgehead atoms. The molecule has 0 saturated heterocycles. The third-order valence-electron chi connectivity index (χ3n) is 4.64. The summed E-state index contributed by atoms with van der Waals surface area (Å²) in [5.74, 6) is 2.56. The molecular weight excluding hydrogens is 380 g/mol. The smallest absolute Gasteiger partial charge is 0.193 e. The van der Waals surface area contributed by atoms with E-state index in [1.807, 2.05) is 42.5 Å². The van der Waals surface area contributed by atoms with Crippen molar-refractivity contribution in [2.45, 2.75) is 19.6 Å². The van der Waals surface area contributed by atoms with Crippen molar-refractivity contribution < 1.29 is 13.9 Å². The number of nitrogens with one attached hydrogen (secondary N) is 1. The number of ether oxygens (including phenoxy) is 2. The van der Waals surface area contributed by atoms with E-state index in [4.69, 9.17) is 19.6 Å². The minimum Gasteiger partial charge on any atom is -0.493 e. The highest BCUT2D eigenvalue weighted by Crippen LogP contribution is 2.29. The maximum absolute atomic E-state index is 6.10. The van der Waals surface area contributed by atoms with Gasteiger partial charge in [-0.3, -0.25) is 4.90 Å². The molecule has 0 fully saturated rings. The van der Waals surface area contributed by atoms with Gasteiger partial charge in [0.2, 0.25) is 0 Å². The van der Waals surface area contributed by atoms with E-state index in [0.717, 1.165) is 30.1 Å². The average Bonchev–Trinajstić information content (AvgIpc) is 3.25. The molecule has 0 spiro atoms. The van der Waals surface area contributed by atoms with E-state index in [2.05, 4.69) is 34.4 Å². The zero-order chi connectivity index (χ0) is 21.3. The highest BCUT2D eigenvalue weighted by atomic mass is 16.5. The molecule has 3 rings (SSSR count). The van der Waals surface area contributed by atoms with Crippen LogP contribution in [0.15, 0.2) is 70.3 Å². The van der Waals surface area contributed by atoms with Gasteiger partial charge in [0.1, 0.15) is 5.76 Å². The maximum Gasteiger partial charge on any atom is 0.193 e. The van der Waals surface area contributed by atoms with E-state index in [0.29, 0.717) is 24.0 Å². The number of benzene rings is 2. The molecule has 0 unspecified atom stereocenters. The number of nitrogens with zero attached hydrogens (tertiary/aromatic N) is 2. The lowest BCUT2D eigenvalue weighted by atomic mass is 10.1. The van der Waals surface area contributed by atoms with Crippen molar-refractivity contribution >= 4 is 11.6 Å². The fraction of sp³-hybridized carbons (Fsp3) is 0.261. The first-order valence-corrected chi connectivity index (χ1v) is 9.65. The fourth-order valence-corrected chi connectivity index (χ4v) is 3.15. The van der Waals surface area contributed by atoms with Crippen LogP contribution in [0.4, 0.5) is 5.69 Å². The molecule has 7 heteroatoms. The predicted octanol–water partition coefficient (Wildman–Crippen LogP) is 3.86. The molecule has 2 aromatic carbocycles. The Kier molecular flexibility index (Phi) is 7.34. The summed E-state index contributed by atoms with van der Waals surface area (Å²) in [6, 6.07) is 17.6. The molecular formula is C23H28N4O3. The van der Waals surface area contributed by atoms with Crippen LogP contribution in [-0.2, 0) is 19.6 Å². The van der Waals surface area contributed by atoms with E-state index >= 15 is 0 Å². The number of nitrogens with two attached hydrogens (primary N) is 1. The predicted molar refractivity (Wildman–Crippen MR) is 119 cm³/mol. The van der Waals surface area contributed by atoms with Gasteiger partial charge >= 0.3 is 0 Å². The first-order valence-electron chi connectivity index (χ1n) is 9.65. The molecule has 0 aliphatic heterocycles. The largest absolute Gasteiger partial charge is 0.493 e. The summed E-state index contributed by atoms with van der Waals surface area (Å²) < 4.78 is 16.0. The number of anilines is 1. The summed E-state index contributed by atoms with van der Waals surface area (Å²) >= 11 is 0. The summed E-state index contributed by atoms with van der Waals surface area (Å²) in [7, 11) is 5.26. The van der Waals surface area contributed by atoms with Crippen LogP contribution in [0.2, 0.25) is 0 Å². The molecule has 0 amide bonds. The van der Waals surface area contributed by atoms with E-state index in [9.17, 15) is 0 Å². The molecule has 3 N–H and O–H groups in total. The van der Waals surface area contributed by atoms with Gasteiger partial charge in [0.15, 0.2) is 17.5 Å². The Bertz CT molecular complexity index is 970. The summed E-state index contributed by atoms with van der Waals surface area (Å²) in [5.41, 5.74) is 9.21. The van der Waals surface area contributed by atoms with Crippen molar-refractivity contribution in [2.75, 3.05) is 26.6 Å². The van der Waals surface area contributed by atoms with Crippen molar-refractivity contribution in [2.24, 2.45) is 10.7 Å². The summed E-state index contributed by atoms with van der Waals surface area (Å²) in [6.45, 7) is 2.01. The molecule has 30 heavy (non-hydrogen) atoms. The Labute approximate surface area is 177 Å². The van der Waals surface area contributed by atoms with E-state index in [-0.39, 0.29) is 0 Å². The second-order valence-electron chi connectivity index (χ2n) is 6.92. The van der Waals surface area contributed by atoms with Gasteiger partial charge in [-0.25, -0.2) is 4.99 Å². The topological polar surface area (TPSA) is 85.3 Å². The SMILES string of the molecule is COc1ccc(NC(N)=NCc2ccccc2CN(C)Cc2ccco2)cc1OC. The fourth-order valence-electron chi connectivity index (χ4n) is 3.15. The van der Waals surface area contributed by atoms with Crippen LogP contribution in [0.5, 0.6) is 11.5 Å². The first-order chi connectivity index (χ1) is 14.6. The number of furan rings is 1. The summed E-state index contributed by atoms with van der Waals surface area (Å²) in [4.78, 5) is 6.71. The number of hydrogen-bond acceptors (Lipinski definition) is 5. The number of hydrogen-bond donors (Lipinski definition) is 2. The standard InChI is InChI=1S/C23H28N4O3/c1-27(16-20-9-6-12-30-20)15-18-8-5-4-7-17(18)14-25-23(24)26-19-10-11-21(28-2)22(13-19)29-3/h4-13H,14-16H2,1-3H3,(H3,24,25,26). The molecule has 1 heterocycles. The van der Waals surface area contributed by atoms with Crippen molar-refractivity contribution in [3.63, 3.8) is 0 Å². The van der Waals surface area contributed by atoms with Gasteiger partial charge in [0.25, 0.3) is 0 Å². The Morgan fingerprint density at radius 1 is 1.00 bits per heavy atom. The molecule has 0 atom stereocenters. The monoisotopic (exact) mass is 408 g/mol. The first kappa shape index (κ1) is 21.3. The normalized spacial score (nSPS) is 11.5. The van der Waals surface area contributed by atoms with Crippen molar-refractivity contribution in [1.29, 1.82) is 0 Å². The van der Waals surface area contributed by atoms with Gasteiger partial charge in [-0.1, -0.05) is 24.3 Å². The number of methoxy groups -OCH3 is 2. The Balaban J connectivity index is 1.64. The van der Waals surface area contributed by atoms with Gasteiger partial charge < -0.3 is 24.9 Å². The molecule has 3 aromatic rings. The van der Waals surface area contributed by atoms with Crippen LogP contribution < -0.4 is 20.5 Å². The summed E-state index contributed by atoms with van der Waals surface area (Å²) in [5, 5.41) is 3.10. The Morgan fingerprint density at radius 3 is 2.47 bits per heavy atom. The lowest BCUT2D eigenvalue weighted by Gasteiger charge is -2.17. The van der Waals surface area contributed by atoms with Crippen LogP contribution in [0.3, 0.4) is 0 Å². The van der Waals surface area contributed by atoms with E-state index in [1.54, 1.807) is 20.5 Å². The second kappa shape index (κ2) is 10.4. The highest BCUT2D eigenvalue weighted by molar-refractivity contribution is 5.92. The average molecular weight is 409 g/mol. The lowest BCUT2D eigenvalue weighted by molar-refractivity contribution is 0.287. The minimum absolute atomic E-state index is 0.334. The zero-order valence-electron chi connectivity index (χ0n) is 17.6. The maximum atomic E-state index is 6.10. The molecule has 0 aliphatic carbocycles. The van der Waals surface area contributed by atoms with Crippen molar-refractivity contribution in [3.05, 3.63) is 77.7 Å². The number of aliphatic imine (C=N–C) groups is 1. The summed E-state index contributed by atoms with van der Waals surface area (Å²) in [6.07, 6.45) is 1.69. The van der Waals surface area contributed by atoms with Crippen LogP contribution in [0, 0.1) is 0 Å². The van der Waals surface area contributed by atoms with E-state index in [1.165, 1.54) is 5.56 Å². The van der Waals surface area contributed by atoms with E-state index < -0.39 is 0 Å². The Hall–Kier alpha value is -3.45. The van der Waals surface area contributed by atoms with Crippen LogP contribution in [0.1, 0.15) is 16.9 Å². The third kappa shape index (κ3) is 5.78. The van der Waals surface area contributed by atoms with Gasteiger partial charge in [-0.2, -0.15) is 0 Å². The molecule has 0 saturated carbocycles. The number of rotatable bonds is 9. The molecule has 0 aliphatic rings. The van der Waals surface area contributed by atoms with Crippen LogP contribution >= 0.6 is 0 Å². The third-order valence-corrected chi connectivity index (χ3v) is 4.64. The van der Waals surface area contributed by atoms with Gasteiger partial charge in [-0.15, -0.1) is 0 Å². The number of guanidine groups is 1. The molecule has 1 aromatic heterocycles. The van der Waals surface area contributed by atoms with Gasteiger partial charge in [0, 0.05) is 18.3 Å².